The lowest BCUT2D eigenvalue weighted by atomic mass is 10.1. The van der Waals surface area contributed by atoms with Gasteiger partial charge in [-0.3, -0.25) is 14.4 Å². The third-order valence-corrected chi connectivity index (χ3v) is 9.99. The zero-order valence-corrected chi connectivity index (χ0v) is 26.7. The number of carbonyl (C=O) groups excluding carboxylic acids is 5. The first-order valence-electron chi connectivity index (χ1n) is 13.8. The van der Waals surface area contributed by atoms with Gasteiger partial charge in [-0.1, -0.05) is 11.3 Å². The van der Waals surface area contributed by atoms with Crippen LogP contribution >= 0.6 is 22.7 Å². The minimum absolute atomic E-state index is 0.00546. The van der Waals surface area contributed by atoms with E-state index in [1.807, 2.05) is 0 Å². The van der Waals surface area contributed by atoms with E-state index in [9.17, 15) is 32.4 Å². The van der Waals surface area contributed by atoms with Crippen molar-refractivity contribution in [2.24, 2.45) is 4.99 Å². The maximum absolute atomic E-state index is 12.8. The molecule has 4 rings (SSSR count). The highest BCUT2D eigenvalue weighted by molar-refractivity contribution is 7.92. The number of thiophene rings is 1. The molecule has 2 heterocycles. The molecule has 1 aromatic carbocycles. The quantitative estimate of drug-likeness (QED) is 0.224. The summed E-state index contributed by atoms with van der Waals surface area (Å²) < 4.78 is 42.7. The number of thiazole rings is 1. The van der Waals surface area contributed by atoms with E-state index in [1.165, 1.54) is 28.0 Å². The average molecular weight is 666 g/mol. The van der Waals surface area contributed by atoms with Crippen molar-refractivity contribution in [3.8, 4) is 0 Å². The van der Waals surface area contributed by atoms with Gasteiger partial charge in [-0.25, -0.2) is 18.0 Å². The number of carbonyl (C=O) groups is 5. The molecule has 0 bridgehead atoms. The van der Waals surface area contributed by atoms with Gasteiger partial charge < -0.3 is 24.1 Å². The molecule has 0 atom stereocenters. The number of benzene rings is 1. The second kappa shape index (κ2) is 14.3. The zero-order chi connectivity index (χ0) is 32.0. The lowest BCUT2D eigenvalue weighted by Gasteiger charge is -2.08. The molecule has 1 aliphatic rings. The fourth-order valence-corrected chi connectivity index (χ4v) is 8.03. The molecule has 236 valence electrons. The van der Waals surface area contributed by atoms with Crippen LogP contribution in [0.3, 0.4) is 0 Å². The van der Waals surface area contributed by atoms with Crippen molar-refractivity contribution in [3.05, 3.63) is 44.6 Å². The van der Waals surface area contributed by atoms with Gasteiger partial charge in [-0.05, 0) is 63.8 Å². The standard InChI is InChI=1S/C28H31N3O10S3/c1-4-39-23(34)13-31-18-11-10-16(26(35)40-5-2)12-20(18)43-28(31)30-22(33)15-44(37,38)14-21(32)29-25-24(27(36)41-6-3)17-8-7-9-19(17)42-25/h10-12H,4-9,13-15H2,1-3H3,(H,29,32). The normalized spacial score (nSPS) is 13.0. The van der Waals surface area contributed by atoms with Gasteiger partial charge in [0.25, 0.3) is 5.91 Å². The van der Waals surface area contributed by atoms with Gasteiger partial charge in [0.15, 0.2) is 14.6 Å². The second-order valence-corrected chi connectivity index (χ2v) is 13.7. The van der Waals surface area contributed by atoms with E-state index in [4.69, 9.17) is 14.2 Å². The molecule has 2 aromatic heterocycles. The molecule has 0 radical (unpaired) electrons. The van der Waals surface area contributed by atoms with Crippen molar-refractivity contribution in [1.29, 1.82) is 0 Å². The predicted molar refractivity (Wildman–Crippen MR) is 163 cm³/mol. The van der Waals surface area contributed by atoms with Crippen LogP contribution in [0, 0.1) is 0 Å². The minimum atomic E-state index is -4.28. The van der Waals surface area contributed by atoms with Crippen LogP contribution in [0.25, 0.3) is 10.2 Å². The van der Waals surface area contributed by atoms with Crippen LogP contribution in [-0.2, 0) is 57.8 Å². The van der Waals surface area contributed by atoms with E-state index in [0.29, 0.717) is 16.6 Å². The summed E-state index contributed by atoms with van der Waals surface area (Å²) in [4.78, 5) is 67.5. The number of hydrogen-bond acceptors (Lipinski definition) is 12. The van der Waals surface area contributed by atoms with Crippen molar-refractivity contribution in [1.82, 2.24) is 4.57 Å². The lowest BCUT2D eigenvalue weighted by Crippen LogP contribution is -2.29. The number of ether oxygens (including phenoxy) is 3. The Bertz CT molecular complexity index is 1800. The Hall–Kier alpha value is -3.89. The topological polar surface area (TPSA) is 176 Å². The van der Waals surface area contributed by atoms with Crippen LogP contribution in [-0.4, -0.2) is 74.0 Å². The van der Waals surface area contributed by atoms with Crippen LogP contribution in [0.15, 0.2) is 23.2 Å². The Balaban J connectivity index is 1.55. The third kappa shape index (κ3) is 7.78. The lowest BCUT2D eigenvalue weighted by molar-refractivity contribution is -0.143. The Labute approximate surface area is 260 Å². The Kier molecular flexibility index (Phi) is 10.7. The number of amides is 2. The Morgan fingerprint density at radius 2 is 1.64 bits per heavy atom. The summed E-state index contributed by atoms with van der Waals surface area (Å²) in [6, 6.07) is 4.58. The Morgan fingerprint density at radius 3 is 2.34 bits per heavy atom. The van der Waals surface area contributed by atoms with Gasteiger partial charge in [0, 0.05) is 4.88 Å². The number of rotatable bonds is 12. The van der Waals surface area contributed by atoms with E-state index in [1.54, 1.807) is 26.8 Å². The molecule has 3 aromatic rings. The first-order chi connectivity index (χ1) is 21.0. The molecule has 44 heavy (non-hydrogen) atoms. The number of nitrogens with zero attached hydrogens (tertiary/aromatic N) is 2. The summed E-state index contributed by atoms with van der Waals surface area (Å²) in [5.74, 6) is -5.82. The number of esters is 3. The number of aryl methyl sites for hydroxylation is 1. The van der Waals surface area contributed by atoms with Crippen LogP contribution < -0.4 is 10.1 Å². The number of fused-ring (bicyclic) bond motifs is 2. The second-order valence-electron chi connectivity index (χ2n) is 9.55. The van der Waals surface area contributed by atoms with E-state index in [2.05, 4.69) is 10.3 Å². The first kappa shape index (κ1) is 33.0. The number of sulfone groups is 1. The number of hydrogen-bond donors (Lipinski definition) is 1. The summed E-state index contributed by atoms with van der Waals surface area (Å²) in [6.07, 6.45) is 2.27. The number of nitrogens with one attached hydrogen (secondary N) is 1. The molecule has 2 amide bonds. The largest absolute Gasteiger partial charge is 0.465 e. The Morgan fingerprint density at radius 1 is 0.932 bits per heavy atom. The number of aromatic nitrogens is 1. The summed E-state index contributed by atoms with van der Waals surface area (Å²) >= 11 is 2.18. The molecule has 0 fully saturated rings. The molecule has 16 heteroatoms. The van der Waals surface area contributed by atoms with E-state index >= 15 is 0 Å². The summed E-state index contributed by atoms with van der Waals surface area (Å²) in [5.41, 5.74) is 1.75. The molecule has 0 unspecified atom stereocenters. The molecule has 0 aliphatic heterocycles. The monoisotopic (exact) mass is 665 g/mol. The minimum Gasteiger partial charge on any atom is -0.465 e. The zero-order valence-electron chi connectivity index (χ0n) is 24.3. The number of anilines is 1. The SMILES string of the molecule is CCOC(=O)Cn1c(=NC(=O)CS(=O)(=O)CC(=O)Nc2sc3c(c2C(=O)OCC)CCC3)sc2cc(C(=O)OCC)ccc21. The predicted octanol–water partition coefficient (Wildman–Crippen LogP) is 2.65. The first-order valence-corrected chi connectivity index (χ1v) is 17.3. The van der Waals surface area contributed by atoms with Crippen molar-refractivity contribution >= 4 is 77.5 Å². The molecule has 13 nitrogen and oxygen atoms in total. The van der Waals surface area contributed by atoms with E-state index in [-0.39, 0.29) is 47.3 Å². The van der Waals surface area contributed by atoms with Crippen LogP contribution in [0.1, 0.15) is 58.3 Å². The van der Waals surface area contributed by atoms with Crippen molar-refractivity contribution in [3.63, 3.8) is 0 Å². The highest BCUT2D eigenvalue weighted by Gasteiger charge is 2.29. The summed E-state index contributed by atoms with van der Waals surface area (Å²) in [7, 11) is -4.28. The van der Waals surface area contributed by atoms with Gasteiger partial charge in [-0.15, -0.1) is 11.3 Å². The molecule has 0 saturated heterocycles. The average Bonchev–Trinajstić information content (AvgIpc) is 3.61. The highest BCUT2D eigenvalue weighted by Crippen LogP contribution is 2.39. The fraction of sp³-hybridized carbons (Fsp3) is 0.429. The maximum Gasteiger partial charge on any atom is 0.341 e. The highest BCUT2D eigenvalue weighted by atomic mass is 32.2. The van der Waals surface area contributed by atoms with Gasteiger partial charge >= 0.3 is 17.9 Å². The van der Waals surface area contributed by atoms with Gasteiger partial charge in [0.2, 0.25) is 5.91 Å². The molecule has 0 saturated carbocycles. The summed E-state index contributed by atoms with van der Waals surface area (Å²) in [5, 5.41) is 2.73. The summed E-state index contributed by atoms with van der Waals surface area (Å²) in [6.45, 7) is 5.09. The van der Waals surface area contributed by atoms with Crippen molar-refractivity contribution in [2.45, 2.75) is 46.6 Å². The van der Waals surface area contributed by atoms with Crippen molar-refractivity contribution < 1.29 is 46.6 Å². The van der Waals surface area contributed by atoms with Crippen LogP contribution in [0.5, 0.6) is 0 Å². The third-order valence-electron chi connectivity index (χ3n) is 6.35. The van der Waals surface area contributed by atoms with Gasteiger partial charge in [0.1, 0.15) is 23.1 Å². The van der Waals surface area contributed by atoms with Crippen molar-refractivity contribution in [2.75, 3.05) is 36.6 Å². The van der Waals surface area contributed by atoms with E-state index < -0.39 is 51.1 Å². The smallest absolute Gasteiger partial charge is 0.341 e. The molecular formula is C28H31N3O10S3. The van der Waals surface area contributed by atoms with Crippen LogP contribution in [0.4, 0.5) is 5.00 Å². The fourth-order valence-electron chi connectivity index (χ4n) is 4.64. The molecule has 1 aliphatic carbocycles. The molecule has 1 N–H and O–H groups in total. The molecular weight excluding hydrogens is 635 g/mol. The van der Waals surface area contributed by atoms with Gasteiger partial charge in [0.05, 0.1) is 41.2 Å². The van der Waals surface area contributed by atoms with E-state index in [0.717, 1.165) is 34.6 Å². The van der Waals surface area contributed by atoms with Gasteiger partial charge in [-0.2, -0.15) is 4.99 Å². The maximum atomic E-state index is 12.8. The molecule has 0 spiro atoms. The van der Waals surface area contributed by atoms with Crippen LogP contribution in [0.2, 0.25) is 0 Å².